The number of ether oxygens (including phenoxy) is 3. The fourth-order valence-electron chi connectivity index (χ4n) is 3.37. The Morgan fingerprint density at radius 1 is 1.08 bits per heavy atom. The molecule has 1 aliphatic rings. The van der Waals surface area contributed by atoms with Crippen LogP contribution in [0, 0.1) is 0 Å². The molecule has 194 valence electrons. The van der Waals surface area contributed by atoms with E-state index in [9.17, 15) is 4.79 Å². The number of nitrogens with zero attached hydrogens (tertiary/aromatic N) is 1. The normalized spacial score (nSPS) is 13.6. The van der Waals surface area contributed by atoms with E-state index < -0.39 is 0 Å². The van der Waals surface area contributed by atoms with Gasteiger partial charge in [0, 0.05) is 11.5 Å². The highest BCUT2D eigenvalue weighted by Crippen LogP contribution is 2.45. The Morgan fingerprint density at radius 3 is 2.54 bits per heavy atom. The molecule has 1 N–H and O–H groups in total. The summed E-state index contributed by atoms with van der Waals surface area (Å²) in [7, 11) is 1.55. The predicted octanol–water partition coefficient (Wildman–Crippen LogP) is 7.35. The van der Waals surface area contributed by atoms with E-state index in [0.29, 0.717) is 41.9 Å². The maximum atomic E-state index is 12.2. The maximum absolute atomic E-state index is 12.2. The van der Waals surface area contributed by atoms with Crippen molar-refractivity contribution in [2.45, 2.75) is 11.2 Å². The third-order valence-corrected chi connectivity index (χ3v) is 9.60. The molecule has 3 aromatic rings. The summed E-state index contributed by atoms with van der Waals surface area (Å²) in [5.74, 6) is 3.66. The lowest BCUT2D eigenvalue weighted by atomic mass is 10.2. The van der Waals surface area contributed by atoms with E-state index in [-0.39, 0.29) is 19.1 Å². The number of hydrazone groups is 1. The Hall–Kier alpha value is -2.04. The number of rotatable bonds is 10. The maximum Gasteiger partial charge on any atom is 0.277 e. The molecule has 0 bridgehead atoms. The quantitative estimate of drug-likeness (QED) is 0.184. The molecule has 1 aliphatic heterocycles. The van der Waals surface area contributed by atoms with Crippen molar-refractivity contribution in [2.75, 3.05) is 25.2 Å². The van der Waals surface area contributed by atoms with Gasteiger partial charge in [-0.2, -0.15) is 5.10 Å². The molecule has 0 radical (unpaired) electrons. The standard InChI is InChI=1S/C26H23BrCl2N2O4S2/c1-33-23-12-17(10-20(27)25(23)35-14-16-2-7-21(28)22(29)11-16)13-30-31-24(32)15-34-19-5-3-18(4-6-19)26-36-8-9-37-26/h2-7,10-13,26H,8-9,14-15H2,1H3,(H,31,32)/b30-13-. The van der Waals surface area contributed by atoms with Crippen LogP contribution in [0.5, 0.6) is 17.2 Å². The second-order valence-electron chi connectivity index (χ2n) is 7.80. The minimum Gasteiger partial charge on any atom is -0.493 e. The van der Waals surface area contributed by atoms with Crippen LogP contribution in [-0.4, -0.2) is 37.3 Å². The molecule has 0 atom stereocenters. The Bertz CT molecular complexity index is 1270. The summed E-state index contributed by atoms with van der Waals surface area (Å²) < 4.78 is 18.1. The molecule has 0 aromatic heterocycles. The smallest absolute Gasteiger partial charge is 0.277 e. The third kappa shape index (κ3) is 7.97. The van der Waals surface area contributed by atoms with Gasteiger partial charge in [0.2, 0.25) is 0 Å². The molecule has 0 saturated carbocycles. The summed E-state index contributed by atoms with van der Waals surface area (Å²) in [4.78, 5) is 12.2. The van der Waals surface area contributed by atoms with Crippen LogP contribution in [-0.2, 0) is 11.4 Å². The average molecular weight is 642 g/mol. The van der Waals surface area contributed by atoms with Crippen molar-refractivity contribution in [3.05, 3.63) is 85.8 Å². The SMILES string of the molecule is COc1cc(/C=N\NC(=O)COc2ccc(C3SCCS3)cc2)cc(Br)c1OCc1ccc(Cl)c(Cl)c1. The van der Waals surface area contributed by atoms with Crippen molar-refractivity contribution < 1.29 is 19.0 Å². The monoisotopic (exact) mass is 640 g/mol. The number of hydrogen-bond donors (Lipinski definition) is 1. The number of halogens is 3. The summed E-state index contributed by atoms with van der Waals surface area (Å²) in [6.45, 7) is 0.134. The highest BCUT2D eigenvalue weighted by atomic mass is 79.9. The lowest BCUT2D eigenvalue weighted by molar-refractivity contribution is -0.123. The van der Waals surface area contributed by atoms with Gasteiger partial charge in [0.25, 0.3) is 5.91 Å². The van der Waals surface area contributed by atoms with Gasteiger partial charge in [0.05, 0.1) is 32.4 Å². The third-order valence-electron chi connectivity index (χ3n) is 5.17. The molecule has 37 heavy (non-hydrogen) atoms. The van der Waals surface area contributed by atoms with Crippen LogP contribution in [0.15, 0.2) is 64.2 Å². The molecular formula is C26H23BrCl2N2O4S2. The molecule has 1 amide bonds. The number of carbonyl (C=O) groups excluding carboxylic acids is 1. The van der Waals surface area contributed by atoms with Crippen molar-refractivity contribution in [1.29, 1.82) is 0 Å². The van der Waals surface area contributed by atoms with E-state index in [0.717, 1.165) is 5.56 Å². The zero-order chi connectivity index (χ0) is 26.2. The number of hydrogen-bond acceptors (Lipinski definition) is 7. The number of methoxy groups -OCH3 is 1. The Morgan fingerprint density at radius 2 is 1.84 bits per heavy atom. The van der Waals surface area contributed by atoms with Crippen molar-refractivity contribution in [3.63, 3.8) is 0 Å². The zero-order valence-corrected chi connectivity index (χ0v) is 24.4. The van der Waals surface area contributed by atoms with Crippen LogP contribution >= 0.6 is 62.7 Å². The van der Waals surface area contributed by atoms with Gasteiger partial charge in [-0.3, -0.25) is 4.79 Å². The van der Waals surface area contributed by atoms with Crippen LogP contribution < -0.4 is 19.6 Å². The van der Waals surface area contributed by atoms with Gasteiger partial charge in [-0.25, -0.2) is 5.43 Å². The van der Waals surface area contributed by atoms with Crippen LogP contribution in [0.3, 0.4) is 0 Å². The summed E-state index contributed by atoms with van der Waals surface area (Å²) in [6.07, 6.45) is 1.51. The van der Waals surface area contributed by atoms with E-state index in [1.54, 1.807) is 31.4 Å². The van der Waals surface area contributed by atoms with Gasteiger partial charge >= 0.3 is 0 Å². The number of thioether (sulfide) groups is 2. The second-order valence-corrected chi connectivity index (χ2v) is 12.2. The summed E-state index contributed by atoms with van der Waals surface area (Å²) in [6, 6.07) is 16.7. The fraction of sp³-hybridized carbons (Fsp3) is 0.231. The van der Waals surface area contributed by atoms with Crippen molar-refractivity contribution in [1.82, 2.24) is 5.43 Å². The number of carbonyl (C=O) groups is 1. The molecule has 3 aromatic carbocycles. The van der Waals surface area contributed by atoms with Gasteiger partial charge in [0.15, 0.2) is 18.1 Å². The van der Waals surface area contributed by atoms with Gasteiger partial charge < -0.3 is 14.2 Å². The largest absolute Gasteiger partial charge is 0.493 e. The molecule has 11 heteroatoms. The fourth-order valence-corrected chi connectivity index (χ4v) is 7.13. The molecule has 4 rings (SSSR count). The van der Waals surface area contributed by atoms with E-state index in [2.05, 4.69) is 26.5 Å². The molecule has 1 heterocycles. The lowest BCUT2D eigenvalue weighted by Crippen LogP contribution is -2.24. The van der Waals surface area contributed by atoms with Crippen molar-refractivity contribution >= 4 is 74.8 Å². The summed E-state index contributed by atoms with van der Waals surface area (Å²) in [5, 5.41) is 4.97. The Kier molecular flexibility index (Phi) is 10.3. The number of amides is 1. The molecule has 0 unspecified atom stereocenters. The molecule has 6 nitrogen and oxygen atoms in total. The summed E-state index contributed by atoms with van der Waals surface area (Å²) >= 11 is 19.5. The first-order valence-corrected chi connectivity index (χ1v) is 14.8. The second kappa shape index (κ2) is 13.7. The highest BCUT2D eigenvalue weighted by Gasteiger charge is 2.18. The van der Waals surface area contributed by atoms with Gasteiger partial charge in [-0.1, -0.05) is 41.4 Å². The van der Waals surface area contributed by atoms with Gasteiger partial charge in [0.1, 0.15) is 12.4 Å². The molecule has 0 aliphatic carbocycles. The van der Waals surface area contributed by atoms with E-state index in [4.69, 9.17) is 37.4 Å². The molecular weight excluding hydrogens is 619 g/mol. The zero-order valence-electron chi connectivity index (χ0n) is 19.7. The Balaban J connectivity index is 1.29. The molecule has 1 saturated heterocycles. The van der Waals surface area contributed by atoms with Crippen LogP contribution in [0.1, 0.15) is 21.3 Å². The number of nitrogens with one attached hydrogen (secondary N) is 1. The first-order valence-electron chi connectivity index (χ1n) is 11.1. The first kappa shape index (κ1) is 28.0. The average Bonchev–Trinajstić information content (AvgIpc) is 3.44. The molecule has 0 spiro atoms. The lowest BCUT2D eigenvalue weighted by Gasteiger charge is -2.14. The van der Waals surface area contributed by atoms with E-state index in [1.807, 2.05) is 53.9 Å². The van der Waals surface area contributed by atoms with Crippen LogP contribution in [0.4, 0.5) is 0 Å². The van der Waals surface area contributed by atoms with Gasteiger partial charge in [-0.15, -0.1) is 23.5 Å². The summed E-state index contributed by atoms with van der Waals surface area (Å²) in [5.41, 5.74) is 5.30. The van der Waals surface area contributed by atoms with Crippen molar-refractivity contribution in [3.8, 4) is 17.2 Å². The minimum atomic E-state index is -0.366. The van der Waals surface area contributed by atoms with Gasteiger partial charge in [-0.05, 0) is 69.0 Å². The number of benzene rings is 3. The molecule has 1 fully saturated rings. The highest BCUT2D eigenvalue weighted by molar-refractivity contribution is 9.10. The Labute approximate surface area is 242 Å². The van der Waals surface area contributed by atoms with Crippen molar-refractivity contribution in [2.24, 2.45) is 5.10 Å². The first-order chi connectivity index (χ1) is 17.9. The van der Waals surface area contributed by atoms with Crippen LogP contribution in [0.2, 0.25) is 10.0 Å². The minimum absolute atomic E-state index is 0.141. The van der Waals surface area contributed by atoms with E-state index in [1.165, 1.54) is 23.3 Å². The van der Waals surface area contributed by atoms with E-state index >= 15 is 0 Å². The predicted molar refractivity (Wildman–Crippen MR) is 157 cm³/mol. The topological polar surface area (TPSA) is 69.2 Å². The van der Waals surface area contributed by atoms with Crippen LogP contribution in [0.25, 0.3) is 0 Å².